The number of hydrogen-bond donors (Lipinski definition) is 1. The highest BCUT2D eigenvalue weighted by Crippen LogP contribution is 2.18. The molecule has 1 aliphatic rings. The van der Waals surface area contributed by atoms with Gasteiger partial charge in [0.25, 0.3) is 0 Å². The molecule has 1 saturated heterocycles. The van der Waals surface area contributed by atoms with E-state index in [9.17, 15) is 4.79 Å². The average molecular weight is 297 g/mol. The summed E-state index contributed by atoms with van der Waals surface area (Å²) < 4.78 is 0. The molecule has 2 rings (SSSR count). The van der Waals surface area contributed by atoms with Crippen molar-refractivity contribution in [3.63, 3.8) is 0 Å². The highest BCUT2D eigenvalue weighted by atomic mass is 35.5. The molecule has 1 aromatic carbocycles. The summed E-state index contributed by atoms with van der Waals surface area (Å²) in [6, 6.07) is 8.79. The summed E-state index contributed by atoms with van der Waals surface area (Å²) in [6.07, 6.45) is 3.84. The summed E-state index contributed by atoms with van der Waals surface area (Å²) in [5.74, 6) is 0.266. The van der Waals surface area contributed by atoms with E-state index < -0.39 is 0 Å². The zero-order valence-corrected chi connectivity index (χ0v) is 13.2. The van der Waals surface area contributed by atoms with Gasteiger partial charge in [-0.3, -0.25) is 4.79 Å². The molecular formula is C16H25ClN2O. The van der Waals surface area contributed by atoms with Gasteiger partial charge in [-0.1, -0.05) is 31.2 Å². The van der Waals surface area contributed by atoms with Crippen LogP contribution >= 0.6 is 12.4 Å². The summed E-state index contributed by atoms with van der Waals surface area (Å²) in [7, 11) is 1.95. The van der Waals surface area contributed by atoms with Gasteiger partial charge in [0.1, 0.15) is 0 Å². The predicted molar refractivity (Wildman–Crippen MR) is 85.4 cm³/mol. The topological polar surface area (TPSA) is 32.3 Å². The molecule has 0 bridgehead atoms. The molecule has 1 aromatic rings. The standard InChI is InChI=1S/C16H24N2O.ClH/c1-3-13-6-8-14(9-7-13)11-16(19)18-10-4-5-15(18)12-17-2;/h6-9,15,17H,3-5,10-12H2,1-2H3;1H. The van der Waals surface area contributed by atoms with E-state index in [0.29, 0.717) is 12.5 Å². The van der Waals surface area contributed by atoms with E-state index in [0.717, 1.165) is 37.9 Å². The van der Waals surface area contributed by atoms with Crippen LogP contribution in [0.4, 0.5) is 0 Å². The molecule has 0 spiro atoms. The van der Waals surface area contributed by atoms with Crippen LogP contribution in [0.25, 0.3) is 0 Å². The van der Waals surface area contributed by atoms with E-state index in [4.69, 9.17) is 0 Å². The second-order valence-corrected chi connectivity index (χ2v) is 5.29. The van der Waals surface area contributed by atoms with Crippen molar-refractivity contribution in [2.45, 2.75) is 38.6 Å². The Labute approximate surface area is 128 Å². The maximum absolute atomic E-state index is 12.4. The Morgan fingerprint density at radius 3 is 2.55 bits per heavy atom. The van der Waals surface area contributed by atoms with Gasteiger partial charge in [0.15, 0.2) is 0 Å². The Kier molecular flexibility index (Phi) is 7.03. The van der Waals surface area contributed by atoms with Crippen LogP contribution < -0.4 is 5.32 Å². The van der Waals surface area contributed by atoms with Crippen LogP contribution in [-0.2, 0) is 17.6 Å². The first-order valence-corrected chi connectivity index (χ1v) is 7.26. The lowest BCUT2D eigenvalue weighted by Gasteiger charge is -2.24. The maximum atomic E-state index is 12.4. The number of likely N-dealkylation sites (N-methyl/N-ethyl adjacent to an activating group) is 1. The van der Waals surface area contributed by atoms with Gasteiger partial charge in [0.2, 0.25) is 5.91 Å². The molecule has 1 heterocycles. The van der Waals surface area contributed by atoms with E-state index in [1.807, 2.05) is 11.9 Å². The molecule has 4 heteroatoms. The van der Waals surface area contributed by atoms with Gasteiger partial charge in [-0.15, -0.1) is 12.4 Å². The van der Waals surface area contributed by atoms with Crippen LogP contribution in [-0.4, -0.2) is 37.0 Å². The summed E-state index contributed by atoms with van der Waals surface area (Å²) in [6.45, 7) is 3.96. The minimum absolute atomic E-state index is 0. The number of benzene rings is 1. The number of likely N-dealkylation sites (tertiary alicyclic amines) is 1. The number of hydrogen-bond acceptors (Lipinski definition) is 2. The van der Waals surface area contributed by atoms with E-state index in [1.54, 1.807) is 0 Å². The summed E-state index contributed by atoms with van der Waals surface area (Å²) in [4.78, 5) is 14.4. The molecule has 0 aromatic heterocycles. The van der Waals surface area contributed by atoms with E-state index in [1.165, 1.54) is 5.56 Å². The van der Waals surface area contributed by atoms with Crippen LogP contribution in [0.1, 0.15) is 30.9 Å². The monoisotopic (exact) mass is 296 g/mol. The zero-order chi connectivity index (χ0) is 13.7. The molecule has 1 unspecified atom stereocenters. The first kappa shape index (κ1) is 17.0. The third-order valence-corrected chi connectivity index (χ3v) is 3.92. The fraction of sp³-hybridized carbons (Fsp3) is 0.562. The number of rotatable bonds is 5. The van der Waals surface area contributed by atoms with E-state index in [-0.39, 0.29) is 18.3 Å². The first-order chi connectivity index (χ1) is 9.24. The highest BCUT2D eigenvalue weighted by Gasteiger charge is 2.27. The second-order valence-electron chi connectivity index (χ2n) is 5.29. The van der Waals surface area contributed by atoms with Crippen LogP contribution in [0.5, 0.6) is 0 Å². The summed E-state index contributed by atoms with van der Waals surface area (Å²) in [5, 5.41) is 3.18. The van der Waals surface area contributed by atoms with Crippen molar-refractivity contribution in [1.29, 1.82) is 0 Å². The normalized spacial score (nSPS) is 17.9. The number of halogens is 1. The third kappa shape index (κ3) is 4.22. The minimum atomic E-state index is 0. The molecule has 112 valence electrons. The molecule has 1 fully saturated rings. The molecule has 20 heavy (non-hydrogen) atoms. The lowest BCUT2D eigenvalue weighted by atomic mass is 10.1. The lowest BCUT2D eigenvalue weighted by molar-refractivity contribution is -0.131. The van der Waals surface area contributed by atoms with Crippen molar-refractivity contribution in [3.8, 4) is 0 Å². The van der Waals surface area contributed by atoms with Gasteiger partial charge in [-0.25, -0.2) is 0 Å². The van der Waals surface area contributed by atoms with Crippen LogP contribution in [0, 0.1) is 0 Å². The summed E-state index contributed by atoms with van der Waals surface area (Å²) >= 11 is 0. The number of aryl methyl sites for hydroxylation is 1. The van der Waals surface area contributed by atoms with Crippen molar-refractivity contribution in [3.05, 3.63) is 35.4 Å². The number of nitrogens with zero attached hydrogens (tertiary/aromatic N) is 1. The molecule has 0 aliphatic carbocycles. The van der Waals surface area contributed by atoms with Crippen molar-refractivity contribution in [2.24, 2.45) is 0 Å². The zero-order valence-electron chi connectivity index (χ0n) is 12.4. The number of nitrogens with one attached hydrogen (secondary N) is 1. The Bertz CT molecular complexity index is 419. The van der Waals surface area contributed by atoms with Crippen molar-refractivity contribution in [2.75, 3.05) is 20.1 Å². The quantitative estimate of drug-likeness (QED) is 0.905. The molecule has 1 N–H and O–H groups in total. The fourth-order valence-corrected chi connectivity index (χ4v) is 2.78. The van der Waals surface area contributed by atoms with Gasteiger partial charge in [-0.05, 0) is 37.4 Å². The molecule has 1 amide bonds. The maximum Gasteiger partial charge on any atom is 0.227 e. The average Bonchev–Trinajstić information content (AvgIpc) is 2.88. The van der Waals surface area contributed by atoms with Crippen LogP contribution in [0.2, 0.25) is 0 Å². The van der Waals surface area contributed by atoms with Crippen molar-refractivity contribution in [1.82, 2.24) is 10.2 Å². The smallest absolute Gasteiger partial charge is 0.227 e. The molecule has 1 atom stereocenters. The Balaban J connectivity index is 0.00000200. The molecule has 1 aliphatic heterocycles. The largest absolute Gasteiger partial charge is 0.338 e. The van der Waals surface area contributed by atoms with Gasteiger partial charge >= 0.3 is 0 Å². The summed E-state index contributed by atoms with van der Waals surface area (Å²) in [5.41, 5.74) is 2.45. The van der Waals surface area contributed by atoms with Crippen molar-refractivity contribution < 1.29 is 4.79 Å². The van der Waals surface area contributed by atoms with Crippen LogP contribution in [0.3, 0.4) is 0 Å². The number of amides is 1. The third-order valence-electron chi connectivity index (χ3n) is 3.92. The van der Waals surface area contributed by atoms with Gasteiger partial charge < -0.3 is 10.2 Å². The van der Waals surface area contributed by atoms with Crippen LogP contribution in [0.15, 0.2) is 24.3 Å². The van der Waals surface area contributed by atoms with Gasteiger partial charge in [-0.2, -0.15) is 0 Å². The second kappa shape index (κ2) is 8.28. The Hall–Kier alpha value is -1.06. The Morgan fingerprint density at radius 1 is 1.30 bits per heavy atom. The predicted octanol–water partition coefficient (Wildman–Crippen LogP) is 2.42. The SMILES string of the molecule is CCc1ccc(CC(=O)N2CCCC2CNC)cc1.Cl. The molecular weight excluding hydrogens is 272 g/mol. The fourth-order valence-electron chi connectivity index (χ4n) is 2.78. The van der Waals surface area contributed by atoms with E-state index >= 15 is 0 Å². The van der Waals surface area contributed by atoms with Crippen molar-refractivity contribution >= 4 is 18.3 Å². The molecule has 0 radical (unpaired) electrons. The minimum Gasteiger partial charge on any atom is -0.338 e. The molecule has 0 saturated carbocycles. The Morgan fingerprint density at radius 2 is 1.95 bits per heavy atom. The number of carbonyl (C=O) groups is 1. The van der Waals surface area contributed by atoms with Gasteiger partial charge in [0.05, 0.1) is 6.42 Å². The number of carbonyl (C=O) groups excluding carboxylic acids is 1. The van der Waals surface area contributed by atoms with Gasteiger partial charge in [0, 0.05) is 19.1 Å². The lowest BCUT2D eigenvalue weighted by Crippen LogP contribution is -2.41. The first-order valence-electron chi connectivity index (χ1n) is 7.26. The highest BCUT2D eigenvalue weighted by molar-refractivity contribution is 5.85. The molecule has 3 nitrogen and oxygen atoms in total. The van der Waals surface area contributed by atoms with E-state index in [2.05, 4.69) is 36.5 Å².